The molecule has 1 aliphatic rings. The lowest BCUT2D eigenvalue weighted by Crippen LogP contribution is -2.33. The van der Waals surface area contributed by atoms with E-state index in [-0.39, 0.29) is 0 Å². The summed E-state index contributed by atoms with van der Waals surface area (Å²) in [5.41, 5.74) is 2.31. The van der Waals surface area contributed by atoms with E-state index >= 15 is 0 Å². The monoisotopic (exact) mass is 344 g/mol. The van der Waals surface area contributed by atoms with E-state index in [1.807, 2.05) is 18.4 Å². The molecule has 4 nitrogen and oxygen atoms in total. The number of rotatable bonds is 4. The summed E-state index contributed by atoms with van der Waals surface area (Å²) in [6.07, 6.45) is 2.48. The normalized spacial score (nSPS) is 19.3. The smallest absolute Gasteiger partial charge is 0.182 e. The molecule has 2 aromatic heterocycles. The quantitative estimate of drug-likeness (QED) is 0.771. The zero-order valence-electron chi connectivity index (χ0n) is 13.2. The maximum absolute atomic E-state index is 4.86. The van der Waals surface area contributed by atoms with E-state index in [0.717, 1.165) is 30.3 Å². The molecule has 0 amide bonds. The highest BCUT2D eigenvalue weighted by Crippen LogP contribution is 2.33. The SMILES string of the molecule is CNc1nc(CN2CCC[C@@H](c3nc4ccccc4s3)C2)cs1. The van der Waals surface area contributed by atoms with Crippen molar-refractivity contribution in [3.8, 4) is 0 Å². The maximum Gasteiger partial charge on any atom is 0.182 e. The van der Waals surface area contributed by atoms with Crippen molar-refractivity contribution >= 4 is 38.0 Å². The summed E-state index contributed by atoms with van der Waals surface area (Å²) in [5.74, 6) is 0.559. The van der Waals surface area contributed by atoms with E-state index in [9.17, 15) is 0 Å². The fourth-order valence-electron chi connectivity index (χ4n) is 3.19. The van der Waals surface area contributed by atoms with Gasteiger partial charge in [0.2, 0.25) is 0 Å². The average Bonchev–Trinajstić information content (AvgIpc) is 3.21. The molecule has 0 bridgehead atoms. The Hall–Kier alpha value is -1.50. The van der Waals surface area contributed by atoms with Crippen molar-refractivity contribution < 1.29 is 0 Å². The first kappa shape index (κ1) is 15.1. The van der Waals surface area contributed by atoms with Gasteiger partial charge >= 0.3 is 0 Å². The molecule has 0 unspecified atom stereocenters. The molecule has 1 aliphatic heterocycles. The summed E-state index contributed by atoms with van der Waals surface area (Å²) in [4.78, 5) is 12.0. The van der Waals surface area contributed by atoms with Crippen molar-refractivity contribution in [1.29, 1.82) is 0 Å². The first-order valence-electron chi connectivity index (χ1n) is 8.02. The zero-order valence-corrected chi connectivity index (χ0v) is 14.8. The summed E-state index contributed by atoms with van der Waals surface area (Å²) < 4.78 is 1.30. The lowest BCUT2D eigenvalue weighted by Gasteiger charge is -2.31. The van der Waals surface area contributed by atoms with Crippen LogP contribution in [0.4, 0.5) is 5.13 Å². The highest BCUT2D eigenvalue weighted by atomic mass is 32.1. The summed E-state index contributed by atoms with van der Waals surface area (Å²) in [7, 11) is 1.92. The maximum atomic E-state index is 4.86. The highest BCUT2D eigenvalue weighted by Gasteiger charge is 2.24. The summed E-state index contributed by atoms with van der Waals surface area (Å²) in [5, 5.41) is 7.57. The van der Waals surface area contributed by atoms with Crippen molar-refractivity contribution in [2.24, 2.45) is 0 Å². The Morgan fingerprint density at radius 2 is 2.22 bits per heavy atom. The van der Waals surface area contributed by atoms with E-state index in [1.165, 1.54) is 28.2 Å². The van der Waals surface area contributed by atoms with Crippen LogP contribution in [0.3, 0.4) is 0 Å². The summed E-state index contributed by atoms with van der Waals surface area (Å²) in [6, 6.07) is 8.45. The van der Waals surface area contributed by atoms with E-state index in [4.69, 9.17) is 4.98 Å². The number of para-hydroxylation sites is 1. The second-order valence-electron chi connectivity index (χ2n) is 5.99. The largest absolute Gasteiger partial charge is 0.365 e. The minimum absolute atomic E-state index is 0.559. The predicted molar refractivity (Wildman–Crippen MR) is 98.5 cm³/mol. The van der Waals surface area contributed by atoms with Crippen LogP contribution in [-0.4, -0.2) is 35.0 Å². The molecular formula is C17H20N4S2. The third-order valence-corrected chi connectivity index (χ3v) is 6.42. The standard InChI is InChI=1S/C17H20N4S2/c1-18-17-19-13(11-22-17)10-21-8-4-5-12(9-21)16-20-14-6-2-3-7-15(14)23-16/h2-3,6-7,11-12H,4-5,8-10H2,1H3,(H,18,19)/t12-/m1/s1. The van der Waals surface area contributed by atoms with Gasteiger partial charge in [0.25, 0.3) is 0 Å². The minimum atomic E-state index is 0.559. The molecule has 1 N–H and O–H groups in total. The molecule has 1 fully saturated rings. The number of fused-ring (bicyclic) bond motifs is 1. The summed E-state index contributed by atoms with van der Waals surface area (Å²) in [6.45, 7) is 3.19. The Balaban J connectivity index is 1.47. The molecule has 4 rings (SSSR count). The van der Waals surface area contributed by atoms with Gasteiger partial charge in [0.15, 0.2) is 5.13 Å². The fourth-order valence-corrected chi connectivity index (χ4v) is 4.94. The van der Waals surface area contributed by atoms with Gasteiger partial charge in [-0.2, -0.15) is 0 Å². The van der Waals surface area contributed by atoms with Crippen LogP contribution >= 0.6 is 22.7 Å². The second-order valence-corrected chi connectivity index (χ2v) is 7.91. The lowest BCUT2D eigenvalue weighted by atomic mass is 9.98. The van der Waals surface area contributed by atoms with Crippen LogP contribution in [0.25, 0.3) is 10.2 Å². The Morgan fingerprint density at radius 3 is 3.04 bits per heavy atom. The van der Waals surface area contributed by atoms with Crippen LogP contribution in [0.15, 0.2) is 29.6 Å². The van der Waals surface area contributed by atoms with Gasteiger partial charge in [-0.1, -0.05) is 12.1 Å². The molecule has 23 heavy (non-hydrogen) atoms. The van der Waals surface area contributed by atoms with Crippen LogP contribution in [0.1, 0.15) is 29.5 Å². The molecule has 1 atom stereocenters. The molecule has 1 aromatic carbocycles. The van der Waals surface area contributed by atoms with Gasteiger partial charge in [-0.05, 0) is 31.5 Å². The molecule has 0 radical (unpaired) electrons. The predicted octanol–water partition coefficient (Wildman–Crippen LogP) is 4.17. The highest BCUT2D eigenvalue weighted by molar-refractivity contribution is 7.18. The Bertz CT molecular complexity index is 762. The van der Waals surface area contributed by atoms with E-state index in [1.54, 1.807) is 11.3 Å². The Kier molecular flexibility index (Phi) is 4.29. The molecule has 0 aliphatic carbocycles. The second kappa shape index (κ2) is 6.55. The van der Waals surface area contributed by atoms with Crippen LogP contribution in [-0.2, 0) is 6.54 Å². The molecule has 1 saturated heterocycles. The first-order valence-corrected chi connectivity index (χ1v) is 9.71. The van der Waals surface area contributed by atoms with Crippen LogP contribution in [0, 0.1) is 0 Å². The van der Waals surface area contributed by atoms with Gasteiger partial charge in [-0.25, -0.2) is 9.97 Å². The molecule has 120 valence electrons. The molecule has 6 heteroatoms. The van der Waals surface area contributed by atoms with Gasteiger partial charge in [-0.3, -0.25) is 4.90 Å². The van der Waals surface area contributed by atoms with Crippen molar-refractivity contribution in [2.75, 3.05) is 25.5 Å². The van der Waals surface area contributed by atoms with Crippen molar-refractivity contribution in [3.05, 3.63) is 40.3 Å². The number of piperidine rings is 1. The first-order chi connectivity index (χ1) is 11.3. The molecule has 0 saturated carbocycles. The van der Waals surface area contributed by atoms with Gasteiger partial charge in [-0.15, -0.1) is 22.7 Å². The van der Waals surface area contributed by atoms with E-state index in [0.29, 0.717) is 5.92 Å². The topological polar surface area (TPSA) is 41.1 Å². The number of thiazole rings is 2. The lowest BCUT2D eigenvalue weighted by molar-refractivity contribution is 0.198. The van der Waals surface area contributed by atoms with Crippen LogP contribution < -0.4 is 5.32 Å². The minimum Gasteiger partial charge on any atom is -0.365 e. The third-order valence-electron chi connectivity index (χ3n) is 4.32. The average molecular weight is 345 g/mol. The molecular weight excluding hydrogens is 324 g/mol. The summed E-state index contributed by atoms with van der Waals surface area (Å²) >= 11 is 3.54. The number of anilines is 1. The Labute approximate surface area is 144 Å². The van der Waals surface area contributed by atoms with Crippen molar-refractivity contribution in [1.82, 2.24) is 14.9 Å². The van der Waals surface area contributed by atoms with Gasteiger partial charge in [0, 0.05) is 31.4 Å². The zero-order chi connectivity index (χ0) is 15.6. The van der Waals surface area contributed by atoms with Gasteiger partial charge in [0.1, 0.15) is 0 Å². The number of likely N-dealkylation sites (tertiary alicyclic amines) is 1. The Morgan fingerprint density at radius 1 is 1.30 bits per heavy atom. The number of nitrogens with one attached hydrogen (secondary N) is 1. The number of nitrogens with zero attached hydrogens (tertiary/aromatic N) is 3. The number of aromatic nitrogens is 2. The molecule has 0 spiro atoms. The molecule has 3 heterocycles. The van der Waals surface area contributed by atoms with Gasteiger partial charge in [0.05, 0.1) is 20.9 Å². The van der Waals surface area contributed by atoms with Crippen LogP contribution in [0.5, 0.6) is 0 Å². The fraction of sp³-hybridized carbons (Fsp3) is 0.412. The van der Waals surface area contributed by atoms with Crippen molar-refractivity contribution in [3.63, 3.8) is 0 Å². The van der Waals surface area contributed by atoms with E-state index in [2.05, 4.69) is 44.8 Å². The number of benzene rings is 1. The van der Waals surface area contributed by atoms with Crippen LogP contribution in [0.2, 0.25) is 0 Å². The van der Waals surface area contributed by atoms with Crippen molar-refractivity contribution in [2.45, 2.75) is 25.3 Å². The number of hydrogen-bond donors (Lipinski definition) is 1. The third kappa shape index (κ3) is 3.24. The van der Waals surface area contributed by atoms with E-state index < -0.39 is 0 Å². The van der Waals surface area contributed by atoms with Gasteiger partial charge < -0.3 is 5.32 Å². The molecule has 3 aromatic rings. The number of hydrogen-bond acceptors (Lipinski definition) is 6.